The number of benzene rings is 1. The van der Waals surface area contributed by atoms with Crippen LogP contribution in [0.25, 0.3) is 0 Å². The van der Waals surface area contributed by atoms with Crippen LogP contribution in [0.3, 0.4) is 0 Å². The molecule has 0 saturated heterocycles. The van der Waals surface area contributed by atoms with Gasteiger partial charge in [-0.25, -0.2) is 0 Å². The highest BCUT2D eigenvalue weighted by atomic mass is 16.5. The van der Waals surface area contributed by atoms with Crippen molar-refractivity contribution in [2.45, 2.75) is 13.8 Å². The van der Waals surface area contributed by atoms with Gasteiger partial charge in [0.05, 0.1) is 0 Å². The van der Waals surface area contributed by atoms with Crippen LogP contribution in [0.4, 0.5) is 0 Å². The van der Waals surface area contributed by atoms with E-state index in [0.29, 0.717) is 6.61 Å². The third kappa shape index (κ3) is 4.18. The average Bonchev–Trinajstić information content (AvgIpc) is 2.29. The largest absolute Gasteiger partial charge is 0.489 e. The maximum atomic E-state index is 5.66. The molecule has 0 unspecified atom stereocenters. The van der Waals surface area contributed by atoms with Gasteiger partial charge in [-0.1, -0.05) is 48.6 Å². The van der Waals surface area contributed by atoms with E-state index in [9.17, 15) is 0 Å². The molecule has 0 aliphatic carbocycles. The summed E-state index contributed by atoms with van der Waals surface area (Å²) in [4.78, 5) is 0. The van der Waals surface area contributed by atoms with Crippen molar-refractivity contribution < 1.29 is 4.74 Å². The van der Waals surface area contributed by atoms with Gasteiger partial charge in [-0.05, 0) is 31.6 Å². The molecule has 0 spiro atoms. The molecule has 0 aliphatic heterocycles. The third-order valence-corrected chi connectivity index (χ3v) is 2.14. The molecule has 0 atom stereocenters. The van der Waals surface area contributed by atoms with Crippen molar-refractivity contribution in [3.8, 4) is 5.75 Å². The van der Waals surface area contributed by atoms with Crippen molar-refractivity contribution in [1.29, 1.82) is 0 Å². The second-order valence-corrected chi connectivity index (χ2v) is 3.58. The normalized spacial score (nSPS) is 11.8. The molecular weight excluding hydrogens is 196 g/mol. The Balaban J connectivity index is 2.58. The number of rotatable bonds is 5. The van der Waals surface area contributed by atoms with Gasteiger partial charge in [0.15, 0.2) is 0 Å². The summed E-state index contributed by atoms with van der Waals surface area (Å²) in [6.07, 6.45) is 7.74. The molecule has 0 N–H and O–H groups in total. The lowest BCUT2D eigenvalue weighted by atomic mass is 10.2. The van der Waals surface area contributed by atoms with Crippen LogP contribution in [-0.2, 0) is 0 Å². The number of ether oxygens (including phenoxy) is 1. The van der Waals surface area contributed by atoms with Gasteiger partial charge >= 0.3 is 0 Å². The molecule has 1 nitrogen and oxygen atoms in total. The summed E-state index contributed by atoms with van der Waals surface area (Å²) in [5.41, 5.74) is 2.35. The molecule has 0 aliphatic rings. The molecule has 0 bridgehead atoms. The van der Waals surface area contributed by atoms with Crippen LogP contribution in [0.15, 0.2) is 60.7 Å². The van der Waals surface area contributed by atoms with Crippen LogP contribution in [0, 0.1) is 6.92 Å². The summed E-state index contributed by atoms with van der Waals surface area (Å²) in [5, 5.41) is 0. The van der Waals surface area contributed by atoms with Crippen molar-refractivity contribution in [2.75, 3.05) is 6.61 Å². The molecular formula is C15H18O. The molecule has 1 aromatic carbocycles. The van der Waals surface area contributed by atoms with Gasteiger partial charge in [-0.3, -0.25) is 0 Å². The second-order valence-electron chi connectivity index (χ2n) is 3.58. The van der Waals surface area contributed by atoms with Gasteiger partial charge in [-0.15, -0.1) is 0 Å². The van der Waals surface area contributed by atoms with Crippen LogP contribution in [0.1, 0.15) is 12.5 Å². The Labute approximate surface area is 97.8 Å². The first-order valence-electron chi connectivity index (χ1n) is 5.40. The van der Waals surface area contributed by atoms with Crippen LogP contribution >= 0.6 is 0 Å². The Kier molecular flexibility index (Phi) is 5.13. The quantitative estimate of drug-likeness (QED) is 0.671. The summed E-state index contributed by atoms with van der Waals surface area (Å²) < 4.78 is 5.66. The first kappa shape index (κ1) is 12.3. The minimum absolute atomic E-state index is 0.569. The standard InChI is InChI=1S/C15H18O/c1-4-6-14(7-5-2)12-16-15-10-8-13(3)9-11-15/h4-11H,1,12H2,2-3H3/b7-5-,14-6+. The topological polar surface area (TPSA) is 9.23 Å². The Hall–Kier alpha value is -1.76. The van der Waals surface area contributed by atoms with Crippen LogP contribution in [0.5, 0.6) is 5.75 Å². The van der Waals surface area contributed by atoms with Crippen LogP contribution in [0.2, 0.25) is 0 Å². The maximum Gasteiger partial charge on any atom is 0.119 e. The summed E-state index contributed by atoms with van der Waals surface area (Å²) in [7, 11) is 0. The maximum absolute atomic E-state index is 5.66. The molecule has 0 saturated carbocycles. The van der Waals surface area contributed by atoms with Crippen molar-refractivity contribution in [2.24, 2.45) is 0 Å². The highest BCUT2D eigenvalue weighted by molar-refractivity contribution is 5.28. The van der Waals surface area contributed by atoms with E-state index in [1.807, 2.05) is 49.4 Å². The molecule has 16 heavy (non-hydrogen) atoms. The molecule has 1 heteroatoms. The minimum Gasteiger partial charge on any atom is -0.489 e. The van der Waals surface area contributed by atoms with E-state index in [4.69, 9.17) is 4.74 Å². The molecule has 0 radical (unpaired) electrons. The zero-order valence-electron chi connectivity index (χ0n) is 9.94. The summed E-state index contributed by atoms with van der Waals surface area (Å²) in [5.74, 6) is 0.894. The van der Waals surface area contributed by atoms with Gasteiger partial charge in [-0.2, -0.15) is 0 Å². The Morgan fingerprint density at radius 3 is 2.56 bits per heavy atom. The lowest BCUT2D eigenvalue weighted by Crippen LogP contribution is -1.99. The van der Waals surface area contributed by atoms with Gasteiger partial charge in [0, 0.05) is 0 Å². The Morgan fingerprint density at radius 1 is 1.31 bits per heavy atom. The van der Waals surface area contributed by atoms with E-state index in [1.54, 1.807) is 6.08 Å². The van der Waals surface area contributed by atoms with Crippen molar-refractivity contribution in [1.82, 2.24) is 0 Å². The first-order chi connectivity index (χ1) is 7.76. The van der Waals surface area contributed by atoms with Gasteiger partial charge in [0.2, 0.25) is 0 Å². The molecule has 0 fully saturated rings. The number of hydrogen-bond acceptors (Lipinski definition) is 1. The summed E-state index contributed by atoms with van der Waals surface area (Å²) >= 11 is 0. The third-order valence-electron chi connectivity index (χ3n) is 2.14. The monoisotopic (exact) mass is 214 g/mol. The Bertz CT molecular complexity index is 382. The van der Waals surface area contributed by atoms with Crippen LogP contribution < -0.4 is 4.74 Å². The molecule has 0 aromatic heterocycles. The van der Waals surface area contributed by atoms with Crippen molar-refractivity contribution >= 4 is 0 Å². The smallest absolute Gasteiger partial charge is 0.119 e. The zero-order valence-corrected chi connectivity index (χ0v) is 9.94. The zero-order chi connectivity index (χ0) is 11.8. The molecule has 0 amide bonds. The van der Waals surface area contributed by atoms with E-state index in [0.717, 1.165) is 11.3 Å². The van der Waals surface area contributed by atoms with Crippen molar-refractivity contribution in [3.05, 3.63) is 66.3 Å². The fraction of sp³-hybridized carbons (Fsp3) is 0.200. The van der Waals surface area contributed by atoms with Gasteiger partial charge < -0.3 is 4.74 Å². The van der Waals surface area contributed by atoms with E-state index < -0.39 is 0 Å². The number of aryl methyl sites for hydroxylation is 1. The number of allylic oxidation sites excluding steroid dienone is 3. The predicted molar refractivity (Wildman–Crippen MR) is 69.8 cm³/mol. The fourth-order valence-corrected chi connectivity index (χ4v) is 1.32. The van der Waals surface area contributed by atoms with E-state index in [-0.39, 0.29) is 0 Å². The summed E-state index contributed by atoms with van der Waals surface area (Å²) in [6.45, 7) is 8.30. The molecule has 1 aromatic rings. The molecule has 0 heterocycles. The SMILES string of the molecule is C=C/C=C(\C=C/C)COc1ccc(C)cc1. The lowest BCUT2D eigenvalue weighted by molar-refractivity contribution is 0.355. The average molecular weight is 214 g/mol. The molecule has 84 valence electrons. The Morgan fingerprint density at radius 2 is 2.00 bits per heavy atom. The fourth-order valence-electron chi connectivity index (χ4n) is 1.32. The second kappa shape index (κ2) is 6.67. The first-order valence-corrected chi connectivity index (χ1v) is 5.40. The van der Waals surface area contributed by atoms with Crippen molar-refractivity contribution in [3.63, 3.8) is 0 Å². The number of hydrogen-bond donors (Lipinski definition) is 0. The van der Waals surface area contributed by atoms with E-state index >= 15 is 0 Å². The van der Waals surface area contributed by atoms with E-state index in [2.05, 4.69) is 13.5 Å². The molecule has 1 rings (SSSR count). The van der Waals surface area contributed by atoms with E-state index in [1.165, 1.54) is 5.56 Å². The minimum atomic E-state index is 0.569. The highest BCUT2D eigenvalue weighted by Crippen LogP contribution is 2.12. The predicted octanol–water partition coefficient (Wildman–Crippen LogP) is 4.06. The summed E-state index contributed by atoms with van der Waals surface area (Å²) in [6, 6.07) is 8.05. The van der Waals surface area contributed by atoms with Gasteiger partial charge in [0.25, 0.3) is 0 Å². The lowest BCUT2D eigenvalue weighted by Gasteiger charge is -2.06. The van der Waals surface area contributed by atoms with Crippen LogP contribution in [-0.4, -0.2) is 6.61 Å². The van der Waals surface area contributed by atoms with Gasteiger partial charge in [0.1, 0.15) is 12.4 Å². The highest BCUT2D eigenvalue weighted by Gasteiger charge is 1.95.